The summed E-state index contributed by atoms with van der Waals surface area (Å²) in [4.78, 5) is 47.9. The molecule has 0 radical (unpaired) electrons. The molecule has 3 atom stereocenters. The number of carboxylic acids is 1. The van der Waals surface area contributed by atoms with Gasteiger partial charge < -0.3 is 26.3 Å². The number of amides is 2. The van der Waals surface area contributed by atoms with E-state index < -0.39 is 29.2 Å². The van der Waals surface area contributed by atoms with Crippen LogP contribution in [-0.2, 0) is 19.2 Å². The molecule has 0 unspecified atom stereocenters. The molecular formula is C19H23N7O5S3. The summed E-state index contributed by atoms with van der Waals surface area (Å²) >= 11 is 3.93. The third kappa shape index (κ3) is 5.06. The Balaban J connectivity index is 1.47. The number of β-lactam (4-membered cyclic amide) rings is 1. The molecule has 4 rings (SSSR count). The lowest BCUT2D eigenvalue weighted by Gasteiger charge is -2.49. The molecule has 2 amide bonds. The summed E-state index contributed by atoms with van der Waals surface area (Å²) in [7, 11) is 0. The number of nitrogens with one attached hydrogen (secondary N) is 2. The van der Waals surface area contributed by atoms with E-state index >= 15 is 0 Å². The van der Waals surface area contributed by atoms with Gasteiger partial charge in [0.25, 0.3) is 11.8 Å². The van der Waals surface area contributed by atoms with Gasteiger partial charge in [-0.25, -0.2) is 4.79 Å². The van der Waals surface area contributed by atoms with Gasteiger partial charge in [0.2, 0.25) is 11.5 Å². The number of allylic oxidation sites excluding steroid dienone is 1. The first-order valence-corrected chi connectivity index (χ1v) is 13.2. The van der Waals surface area contributed by atoms with E-state index in [2.05, 4.69) is 25.1 Å². The number of aliphatic carboxylic acids is 1. The summed E-state index contributed by atoms with van der Waals surface area (Å²) in [5.41, 5.74) is 5.90. The summed E-state index contributed by atoms with van der Waals surface area (Å²) in [6.07, 6.45) is 2.82. The number of hydrogen-bond donors (Lipinski definition) is 4. The number of rotatable bonds is 9. The fourth-order valence-electron chi connectivity index (χ4n) is 3.60. The van der Waals surface area contributed by atoms with E-state index in [1.54, 1.807) is 24.8 Å². The van der Waals surface area contributed by atoms with Crippen LogP contribution in [0.1, 0.15) is 19.2 Å². The average Bonchev–Trinajstić information content (AvgIpc) is 3.49. The number of carboxylic acid groups (broad SMARTS) is 1. The summed E-state index contributed by atoms with van der Waals surface area (Å²) in [5, 5.41) is 21.4. The molecule has 2 fully saturated rings. The molecule has 2 saturated heterocycles. The second-order valence-electron chi connectivity index (χ2n) is 7.41. The van der Waals surface area contributed by atoms with Crippen molar-refractivity contribution in [3.8, 4) is 0 Å². The molecule has 182 valence electrons. The van der Waals surface area contributed by atoms with E-state index in [1.807, 2.05) is 5.41 Å². The number of nitrogens with two attached hydrogens (primary N) is 1. The quantitative estimate of drug-likeness (QED) is 0.197. The van der Waals surface area contributed by atoms with E-state index in [9.17, 15) is 19.5 Å². The lowest BCUT2D eigenvalue weighted by atomic mass is 10.0. The van der Waals surface area contributed by atoms with Crippen molar-refractivity contribution in [2.24, 2.45) is 5.16 Å². The number of carbonyl (C=O) groups is 3. The molecule has 4 heterocycles. The van der Waals surface area contributed by atoms with Gasteiger partial charge in [-0.3, -0.25) is 14.5 Å². The van der Waals surface area contributed by atoms with Crippen molar-refractivity contribution in [3.05, 3.63) is 28.6 Å². The fourth-order valence-corrected chi connectivity index (χ4v) is 6.29. The van der Waals surface area contributed by atoms with Gasteiger partial charge in [0.05, 0.1) is 0 Å². The van der Waals surface area contributed by atoms with Crippen LogP contribution in [0.3, 0.4) is 0 Å². The molecule has 34 heavy (non-hydrogen) atoms. The number of fused-ring (bicyclic) bond motifs is 1. The van der Waals surface area contributed by atoms with E-state index in [0.29, 0.717) is 16.6 Å². The van der Waals surface area contributed by atoms with Crippen LogP contribution in [0.15, 0.2) is 27.9 Å². The Labute approximate surface area is 207 Å². The van der Waals surface area contributed by atoms with Crippen LogP contribution in [0.4, 0.5) is 5.13 Å². The number of nitrogens with zero attached hydrogens (tertiary/aromatic N) is 4. The molecule has 0 saturated carbocycles. The smallest absolute Gasteiger partial charge is 0.352 e. The highest BCUT2D eigenvalue weighted by Crippen LogP contribution is 2.41. The first-order valence-electron chi connectivity index (χ1n) is 10.4. The van der Waals surface area contributed by atoms with Crippen molar-refractivity contribution in [1.82, 2.24) is 24.9 Å². The van der Waals surface area contributed by atoms with Gasteiger partial charge >= 0.3 is 5.97 Å². The molecule has 3 aliphatic rings. The molecule has 0 spiro atoms. The Morgan fingerprint density at radius 3 is 2.97 bits per heavy atom. The lowest BCUT2D eigenvalue weighted by Crippen LogP contribution is -2.71. The monoisotopic (exact) mass is 525 g/mol. The Bertz CT molecular complexity index is 1070. The molecular weight excluding hydrogens is 502 g/mol. The van der Waals surface area contributed by atoms with Gasteiger partial charge in [-0.1, -0.05) is 5.16 Å². The van der Waals surface area contributed by atoms with E-state index in [4.69, 9.17) is 10.6 Å². The van der Waals surface area contributed by atoms with Crippen LogP contribution in [0, 0.1) is 0 Å². The zero-order valence-electron chi connectivity index (χ0n) is 18.1. The minimum atomic E-state index is -1.18. The van der Waals surface area contributed by atoms with Crippen LogP contribution in [0.25, 0.3) is 0 Å². The summed E-state index contributed by atoms with van der Waals surface area (Å²) in [6.45, 7) is 3.80. The van der Waals surface area contributed by atoms with Gasteiger partial charge in [0.15, 0.2) is 5.13 Å². The highest BCUT2D eigenvalue weighted by molar-refractivity contribution is 8.02. The number of anilines is 1. The second kappa shape index (κ2) is 10.8. The van der Waals surface area contributed by atoms with Crippen molar-refractivity contribution in [2.45, 2.75) is 30.0 Å². The van der Waals surface area contributed by atoms with Gasteiger partial charge in [-0.2, -0.15) is 9.36 Å². The standard InChI is InChI=1S/C19H23N7O5S3/c1-2-31-24-11(14-23-19(20)34-25-14)15(27)22-12-16(28)26-13(18(29)30)9(8-33-17(12)26)4-6-32-10-3-5-21-7-10/h4,6,10,12,17,21H,2-3,5,7-8H2,1H3,(H,22,27)(H,29,30)(H2,20,23,25)/b6-4?,24-11-/t10-,12+,17+/m0/s1. The average molecular weight is 526 g/mol. The topological polar surface area (TPSA) is 172 Å². The molecule has 0 aromatic carbocycles. The van der Waals surface area contributed by atoms with Crippen LogP contribution in [0.5, 0.6) is 0 Å². The number of aromatic nitrogens is 2. The van der Waals surface area contributed by atoms with Crippen molar-refractivity contribution in [3.63, 3.8) is 0 Å². The number of carbonyl (C=O) groups excluding carboxylic acids is 2. The minimum Gasteiger partial charge on any atom is -0.477 e. The highest BCUT2D eigenvalue weighted by Gasteiger charge is 2.54. The SMILES string of the molecule is CCO/N=C(\C(=O)N[C@@H]1C(=O)N2C(C(=O)O)=C(C=CS[C@H]3CCNC3)CS[C@H]12)c1nsc(N)n1. The maximum absolute atomic E-state index is 12.9. The Kier molecular flexibility index (Phi) is 7.75. The molecule has 3 aliphatic heterocycles. The zero-order valence-corrected chi connectivity index (χ0v) is 20.5. The molecule has 1 aromatic rings. The molecule has 0 bridgehead atoms. The minimum absolute atomic E-state index is 0.0121. The summed E-state index contributed by atoms with van der Waals surface area (Å²) in [6, 6.07) is -0.917. The van der Waals surface area contributed by atoms with E-state index in [1.165, 1.54) is 16.7 Å². The third-order valence-electron chi connectivity index (χ3n) is 5.20. The highest BCUT2D eigenvalue weighted by atomic mass is 32.2. The number of thioether (sulfide) groups is 2. The maximum Gasteiger partial charge on any atom is 0.352 e. The predicted molar refractivity (Wildman–Crippen MR) is 130 cm³/mol. The predicted octanol–water partition coefficient (Wildman–Crippen LogP) is 0.208. The normalized spacial score (nSPS) is 24.9. The maximum atomic E-state index is 12.9. The van der Waals surface area contributed by atoms with Crippen molar-refractivity contribution in [1.29, 1.82) is 0 Å². The van der Waals surface area contributed by atoms with Crippen molar-refractivity contribution >= 4 is 63.7 Å². The zero-order chi connectivity index (χ0) is 24.2. The van der Waals surface area contributed by atoms with Crippen LogP contribution < -0.4 is 16.4 Å². The molecule has 1 aromatic heterocycles. The molecule has 5 N–H and O–H groups in total. The van der Waals surface area contributed by atoms with Gasteiger partial charge in [0.1, 0.15) is 23.7 Å². The fraction of sp³-hybridized carbons (Fsp3) is 0.474. The van der Waals surface area contributed by atoms with Gasteiger partial charge in [-0.05, 0) is 36.9 Å². The van der Waals surface area contributed by atoms with E-state index in [0.717, 1.165) is 31.0 Å². The second-order valence-corrected chi connectivity index (χ2v) is 10.5. The first kappa shape index (κ1) is 24.5. The van der Waals surface area contributed by atoms with Crippen LogP contribution >= 0.6 is 35.1 Å². The number of hydrogen-bond acceptors (Lipinski definition) is 12. The first-order chi connectivity index (χ1) is 16.4. The van der Waals surface area contributed by atoms with Gasteiger partial charge in [-0.15, -0.1) is 23.5 Å². The van der Waals surface area contributed by atoms with Crippen LogP contribution in [-0.4, -0.2) is 85.0 Å². The van der Waals surface area contributed by atoms with Crippen molar-refractivity contribution in [2.75, 3.05) is 31.2 Å². The van der Waals surface area contributed by atoms with Gasteiger partial charge in [0, 0.05) is 29.1 Å². The summed E-state index contributed by atoms with van der Waals surface area (Å²) in [5.74, 6) is -2.02. The Morgan fingerprint density at radius 1 is 1.50 bits per heavy atom. The van der Waals surface area contributed by atoms with Crippen LogP contribution in [0.2, 0.25) is 0 Å². The lowest BCUT2D eigenvalue weighted by molar-refractivity contribution is -0.150. The van der Waals surface area contributed by atoms with E-state index in [-0.39, 0.29) is 29.0 Å². The molecule has 15 heteroatoms. The molecule has 12 nitrogen and oxygen atoms in total. The Morgan fingerprint density at radius 2 is 2.32 bits per heavy atom. The molecule has 0 aliphatic carbocycles. The largest absolute Gasteiger partial charge is 0.477 e. The summed E-state index contributed by atoms with van der Waals surface area (Å²) < 4.78 is 3.98. The van der Waals surface area contributed by atoms with Crippen molar-refractivity contribution < 1.29 is 24.3 Å². The third-order valence-corrected chi connectivity index (χ3v) is 8.12. The Hall–Kier alpha value is -2.62. The number of oxime groups is 1. The number of nitrogen functional groups attached to an aromatic ring is 1.